The summed E-state index contributed by atoms with van der Waals surface area (Å²) in [4.78, 5) is 38.5. The van der Waals surface area contributed by atoms with Crippen molar-refractivity contribution in [3.05, 3.63) is 70.2 Å². The minimum atomic E-state index is -2.88. The van der Waals surface area contributed by atoms with Gasteiger partial charge in [-0.05, 0) is 23.1 Å². The first-order valence-electron chi connectivity index (χ1n) is 11.3. The minimum absolute atomic E-state index is 0.0791. The second-order valence-electron chi connectivity index (χ2n) is 9.51. The number of primary amides is 1. The average molecular weight is 492 g/mol. The van der Waals surface area contributed by atoms with E-state index in [-0.39, 0.29) is 11.3 Å². The first-order chi connectivity index (χ1) is 16.9. The summed E-state index contributed by atoms with van der Waals surface area (Å²) in [6.07, 6.45) is -2.13. The molecule has 5 rings (SSSR count). The van der Waals surface area contributed by atoms with Crippen molar-refractivity contribution in [3.8, 4) is 16.9 Å². The largest absolute Gasteiger partial charge is 0.511 e. The Balaban J connectivity index is 1.75. The van der Waals surface area contributed by atoms with Gasteiger partial charge in [-0.25, -0.2) is 0 Å². The zero-order chi connectivity index (χ0) is 26.3. The second-order valence-corrected chi connectivity index (χ2v) is 9.51. The molecular formula is C26H24N2O8. The molecule has 36 heavy (non-hydrogen) atoms. The van der Waals surface area contributed by atoms with Crippen LogP contribution in [0.5, 0.6) is 5.75 Å². The van der Waals surface area contributed by atoms with Gasteiger partial charge in [-0.1, -0.05) is 37.3 Å². The van der Waals surface area contributed by atoms with Crippen LogP contribution < -0.4 is 11.5 Å². The Morgan fingerprint density at radius 2 is 1.75 bits per heavy atom. The summed E-state index contributed by atoms with van der Waals surface area (Å²) >= 11 is 0. The van der Waals surface area contributed by atoms with Crippen LogP contribution in [0.2, 0.25) is 0 Å². The molecule has 0 unspecified atom stereocenters. The molecule has 0 aliphatic heterocycles. The molecule has 0 bridgehead atoms. The Labute approximate surface area is 204 Å². The fourth-order valence-electron chi connectivity index (χ4n) is 5.93. The molecule has 1 amide bonds. The topological polar surface area (TPSA) is 204 Å². The van der Waals surface area contributed by atoms with Gasteiger partial charge >= 0.3 is 0 Å². The summed E-state index contributed by atoms with van der Waals surface area (Å²) in [5, 5.41) is 55.1. The highest BCUT2D eigenvalue weighted by atomic mass is 16.4. The van der Waals surface area contributed by atoms with Crippen molar-refractivity contribution in [1.29, 1.82) is 0 Å². The van der Waals surface area contributed by atoms with Gasteiger partial charge in [0, 0.05) is 29.4 Å². The fourth-order valence-corrected chi connectivity index (χ4v) is 5.93. The zero-order valence-electron chi connectivity index (χ0n) is 19.1. The van der Waals surface area contributed by atoms with Crippen LogP contribution in [0.25, 0.3) is 11.1 Å². The number of fused-ring (bicyclic) bond motifs is 3. The van der Waals surface area contributed by atoms with Crippen molar-refractivity contribution in [3.63, 3.8) is 0 Å². The number of carbonyl (C=O) groups is 3. The van der Waals surface area contributed by atoms with Gasteiger partial charge in [-0.15, -0.1) is 0 Å². The van der Waals surface area contributed by atoms with E-state index in [0.29, 0.717) is 16.7 Å². The molecule has 3 aliphatic carbocycles. The van der Waals surface area contributed by atoms with E-state index in [0.717, 1.165) is 0 Å². The molecule has 0 saturated heterocycles. The SMILES string of the molecule is C[C@H]1c2cc(-c3ccccc3)c(N)c(O)c2C(=O)C2=C(O)[C@]3(O)C(=O)C(C(N)=O)=C(O)C[C@@H]3[C@@H](O)[C@@H]21. The summed E-state index contributed by atoms with van der Waals surface area (Å²) in [6.45, 7) is 1.66. The number of aliphatic hydroxyl groups is 4. The van der Waals surface area contributed by atoms with E-state index in [9.17, 15) is 39.9 Å². The van der Waals surface area contributed by atoms with Gasteiger partial charge in [0.1, 0.15) is 17.1 Å². The number of nitrogens with two attached hydrogens (primary N) is 2. The van der Waals surface area contributed by atoms with Crippen molar-refractivity contribution < 1.29 is 39.9 Å². The fraction of sp³-hybridized carbons (Fsp3) is 0.269. The first-order valence-corrected chi connectivity index (χ1v) is 11.3. The summed E-state index contributed by atoms with van der Waals surface area (Å²) in [6, 6.07) is 10.6. The van der Waals surface area contributed by atoms with E-state index in [1.54, 1.807) is 37.3 Å². The number of carbonyl (C=O) groups excluding carboxylic acids is 3. The first kappa shape index (κ1) is 23.6. The predicted octanol–water partition coefficient (Wildman–Crippen LogP) is 1.36. The van der Waals surface area contributed by atoms with E-state index < -0.39 is 81.8 Å². The third-order valence-electron chi connectivity index (χ3n) is 7.74. The summed E-state index contributed by atoms with van der Waals surface area (Å²) < 4.78 is 0. The number of aliphatic hydroxyl groups excluding tert-OH is 3. The molecule has 0 heterocycles. The molecule has 2 aromatic carbocycles. The molecule has 0 radical (unpaired) electrons. The Morgan fingerprint density at radius 1 is 1.11 bits per heavy atom. The molecule has 0 fully saturated rings. The predicted molar refractivity (Wildman–Crippen MR) is 127 cm³/mol. The molecule has 0 spiro atoms. The number of ketones is 2. The van der Waals surface area contributed by atoms with Gasteiger partial charge in [0.25, 0.3) is 5.91 Å². The smallest absolute Gasteiger partial charge is 0.255 e. The van der Waals surface area contributed by atoms with Crippen LogP contribution in [-0.4, -0.2) is 54.7 Å². The zero-order valence-corrected chi connectivity index (χ0v) is 19.1. The maximum atomic E-state index is 13.7. The molecule has 3 aliphatic rings. The van der Waals surface area contributed by atoms with E-state index in [2.05, 4.69) is 0 Å². The van der Waals surface area contributed by atoms with Crippen molar-refractivity contribution in [2.24, 2.45) is 17.6 Å². The highest BCUT2D eigenvalue weighted by Gasteiger charge is 2.64. The number of aromatic hydroxyl groups is 1. The molecule has 10 heteroatoms. The second kappa shape index (κ2) is 7.67. The van der Waals surface area contributed by atoms with Gasteiger partial charge in [0.05, 0.1) is 17.4 Å². The van der Waals surface area contributed by atoms with Gasteiger partial charge in [0.2, 0.25) is 5.78 Å². The number of allylic oxidation sites excluding steroid dienone is 1. The number of nitrogen functional groups attached to an aromatic ring is 1. The van der Waals surface area contributed by atoms with Crippen LogP contribution in [0.15, 0.2) is 59.1 Å². The van der Waals surface area contributed by atoms with Crippen LogP contribution in [0.1, 0.15) is 35.2 Å². The Hall–Kier alpha value is -4.15. The van der Waals surface area contributed by atoms with Gasteiger partial charge in [-0.3, -0.25) is 14.4 Å². The molecule has 0 aromatic heterocycles. The highest BCUT2D eigenvalue weighted by Crippen LogP contribution is 2.56. The van der Waals surface area contributed by atoms with Crippen LogP contribution >= 0.6 is 0 Å². The van der Waals surface area contributed by atoms with E-state index >= 15 is 0 Å². The van der Waals surface area contributed by atoms with Crippen molar-refractivity contribution >= 4 is 23.2 Å². The maximum Gasteiger partial charge on any atom is 0.255 e. The molecule has 186 valence electrons. The van der Waals surface area contributed by atoms with Crippen LogP contribution in [0, 0.1) is 11.8 Å². The van der Waals surface area contributed by atoms with Crippen molar-refractivity contribution in [2.45, 2.75) is 31.0 Å². The van der Waals surface area contributed by atoms with Gasteiger partial charge < -0.3 is 37.0 Å². The Morgan fingerprint density at radius 3 is 2.36 bits per heavy atom. The molecule has 9 N–H and O–H groups in total. The maximum absolute atomic E-state index is 13.7. The number of anilines is 1. The Bertz CT molecular complexity index is 1430. The summed E-state index contributed by atoms with van der Waals surface area (Å²) in [5.41, 5.74) is 8.31. The molecule has 5 atom stereocenters. The van der Waals surface area contributed by atoms with Crippen molar-refractivity contribution in [2.75, 3.05) is 5.73 Å². The van der Waals surface area contributed by atoms with Crippen molar-refractivity contribution in [1.82, 2.24) is 0 Å². The average Bonchev–Trinajstić information content (AvgIpc) is 2.83. The normalized spacial score (nSPS) is 29.5. The highest BCUT2D eigenvalue weighted by molar-refractivity contribution is 6.24. The quantitative estimate of drug-likeness (QED) is 0.183. The summed E-state index contributed by atoms with van der Waals surface area (Å²) in [5.74, 6) is -9.22. The van der Waals surface area contributed by atoms with Gasteiger partial charge in [-0.2, -0.15) is 0 Å². The molecule has 0 saturated carbocycles. The lowest BCUT2D eigenvalue weighted by Gasteiger charge is -2.50. The van der Waals surface area contributed by atoms with E-state index in [4.69, 9.17) is 11.5 Å². The number of amides is 1. The monoisotopic (exact) mass is 492 g/mol. The number of phenolic OH excluding ortho intramolecular Hbond substituents is 1. The van der Waals surface area contributed by atoms with Crippen LogP contribution in [-0.2, 0) is 9.59 Å². The van der Waals surface area contributed by atoms with E-state index in [1.165, 1.54) is 0 Å². The minimum Gasteiger partial charge on any atom is -0.511 e. The lowest BCUT2D eigenvalue weighted by atomic mass is 9.56. The molecule has 10 nitrogen and oxygen atoms in total. The number of phenols is 1. The Kier molecular flexibility index (Phi) is 5.03. The van der Waals surface area contributed by atoms with Gasteiger partial charge in [0.15, 0.2) is 17.1 Å². The standard InChI is InChI=1S/C26H24N2O8/c1-9-11-7-12(10-5-3-2-4-6-10)19(27)22(32)16(11)21(31)18-15(9)20(30)13-8-14(29)17(25(28)35)23(33)26(13,36)24(18)34/h2-7,9,13,15,20,29-30,32,34,36H,8,27H2,1H3,(H2,28,35)/t9-,13+,15+,20+,26+/m0/s1. The van der Waals surface area contributed by atoms with Crippen LogP contribution in [0.4, 0.5) is 5.69 Å². The number of hydrogen-bond acceptors (Lipinski definition) is 9. The third kappa shape index (κ3) is 2.82. The number of hydrogen-bond donors (Lipinski definition) is 7. The third-order valence-corrected chi connectivity index (χ3v) is 7.74. The molecular weight excluding hydrogens is 468 g/mol. The number of Topliss-reactive ketones (excluding diaryl/α,β-unsaturated/α-hetero) is 2. The molecule has 2 aromatic rings. The lowest BCUT2D eigenvalue weighted by Crippen LogP contribution is -2.62. The lowest BCUT2D eigenvalue weighted by molar-refractivity contribution is -0.154. The number of benzene rings is 2. The number of rotatable bonds is 2. The van der Waals surface area contributed by atoms with Crippen LogP contribution in [0.3, 0.4) is 0 Å². The summed E-state index contributed by atoms with van der Waals surface area (Å²) in [7, 11) is 0. The van der Waals surface area contributed by atoms with E-state index in [1.807, 2.05) is 6.07 Å².